The minimum atomic E-state index is -4.67. The molecular weight excluding hydrogens is 304 g/mol. The van der Waals surface area contributed by atoms with Crippen molar-refractivity contribution in [3.05, 3.63) is 0 Å². The van der Waals surface area contributed by atoms with E-state index in [1.54, 1.807) is 0 Å². The van der Waals surface area contributed by atoms with Gasteiger partial charge in [0.05, 0.1) is 0 Å². The van der Waals surface area contributed by atoms with Crippen molar-refractivity contribution in [3.8, 4) is 0 Å². The van der Waals surface area contributed by atoms with Gasteiger partial charge in [-0.15, -0.1) is 0 Å². The zero-order valence-corrected chi connectivity index (χ0v) is 3.44. The fraction of sp³-hybridized carbons (Fsp3) is 0. The maximum Gasteiger partial charge on any atom is -0.0149 e. The van der Waals surface area contributed by atoms with Gasteiger partial charge in [-0.2, -0.15) is 8.42 Å². The molecule has 0 saturated heterocycles. The van der Waals surface area contributed by atoms with Crippen LogP contribution in [0.5, 0.6) is 0 Å². The molecule has 9 heteroatoms. The van der Waals surface area contributed by atoms with Crippen LogP contribution in [0, 0.1) is 0 Å². The van der Waals surface area contributed by atoms with Gasteiger partial charge in [0.2, 0.25) is 0 Å². The molecule has 0 radical (unpaired) electrons. The van der Waals surface area contributed by atoms with Crippen LogP contribution in [0.3, 0.4) is 0 Å². The van der Waals surface area contributed by atoms with Crippen LogP contribution in [0.15, 0.2) is 0 Å². The van der Waals surface area contributed by atoms with Gasteiger partial charge in [0.25, 0.3) is 0 Å². The van der Waals surface area contributed by atoms with Crippen LogP contribution in [0.25, 0.3) is 0 Å². The third kappa shape index (κ3) is 146. The van der Waals surface area contributed by atoms with Crippen LogP contribution in [0.1, 0.15) is 0 Å². The molecule has 0 rings (SSSR count). The molecule has 0 unspecified atom stereocenters. The Kier molecular flexibility index (Phi) is 43.2. The number of rotatable bonds is 0. The fourth-order valence-corrected chi connectivity index (χ4v) is 0. The summed E-state index contributed by atoms with van der Waals surface area (Å²) in [7, 11) is -4.67. The minimum absolute atomic E-state index is 0. The summed E-state index contributed by atoms with van der Waals surface area (Å²) in [6, 6.07) is 0. The van der Waals surface area contributed by atoms with Gasteiger partial charge in [-0.05, 0) is 11.0 Å². The van der Waals surface area contributed by atoms with E-state index in [2.05, 4.69) is 0 Å². The van der Waals surface area contributed by atoms with Gasteiger partial charge in [0, 0.05) is 0 Å². The first-order valence-corrected chi connectivity index (χ1v) is 2.10. The predicted molar refractivity (Wildman–Crippen MR) is 47.6 cm³/mol. The van der Waals surface area contributed by atoms with Crippen LogP contribution >= 0.6 is 0 Å². The molecular formula is H13AlBaO5SSi. The quantitative estimate of drug-likeness (QED) is 0.344. The smallest absolute Gasteiger partial charge is 0.0149 e. The molecule has 58 valence electrons. The van der Waals surface area contributed by atoms with E-state index < -0.39 is 10.4 Å². The molecule has 0 aromatic carbocycles. The van der Waals surface area contributed by atoms with Gasteiger partial charge in [0.15, 0.2) is 17.4 Å². The molecule has 0 bridgehead atoms. The summed E-state index contributed by atoms with van der Waals surface area (Å²) in [4.78, 5) is 0. The topological polar surface area (TPSA) is 106 Å². The summed E-state index contributed by atoms with van der Waals surface area (Å²) in [5.74, 6) is 0. The van der Waals surface area contributed by atoms with E-state index in [-0.39, 0.29) is 82.7 Å². The normalized spacial score (nSPS) is 6.44. The van der Waals surface area contributed by atoms with Gasteiger partial charge in [-0.25, -0.2) is 0 Å². The molecule has 0 heterocycles. The molecule has 0 aromatic heterocycles. The monoisotopic (exact) mass is 318 g/mol. The van der Waals surface area contributed by atoms with Crippen molar-refractivity contribution in [2.75, 3.05) is 0 Å². The first-order chi connectivity index (χ1) is 2.00. The molecule has 0 aliphatic carbocycles. The van der Waals surface area contributed by atoms with Crippen molar-refractivity contribution in [2.45, 2.75) is 0 Å². The van der Waals surface area contributed by atoms with E-state index in [4.69, 9.17) is 17.5 Å². The Morgan fingerprint density at radius 2 is 1.11 bits per heavy atom. The number of hydrogen-bond acceptors (Lipinski definition) is 2. The van der Waals surface area contributed by atoms with Crippen molar-refractivity contribution in [1.29, 1.82) is 0 Å². The SMILES string of the molecule is O.O=S(=O)(O)O.[AlH3].[BaH2].[SiH4]. The maximum absolute atomic E-state index is 8.74. The van der Waals surface area contributed by atoms with Crippen molar-refractivity contribution < 1.29 is 23.0 Å². The summed E-state index contributed by atoms with van der Waals surface area (Å²) >= 11 is 0. The van der Waals surface area contributed by atoms with Crippen LogP contribution in [0.2, 0.25) is 0 Å². The number of hydrogen-bond donors (Lipinski definition) is 2. The van der Waals surface area contributed by atoms with E-state index in [0.717, 1.165) is 0 Å². The van der Waals surface area contributed by atoms with Crippen LogP contribution in [0.4, 0.5) is 0 Å². The van der Waals surface area contributed by atoms with E-state index >= 15 is 0 Å². The maximum atomic E-state index is 8.74. The molecule has 0 atom stereocenters. The summed E-state index contributed by atoms with van der Waals surface area (Å²) < 4.78 is 31.6. The Morgan fingerprint density at radius 1 is 1.11 bits per heavy atom. The first kappa shape index (κ1) is 30.4. The average molecular weight is 318 g/mol. The van der Waals surface area contributed by atoms with Crippen LogP contribution in [-0.2, 0) is 10.4 Å². The summed E-state index contributed by atoms with van der Waals surface area (Å²) in [6.45, 7) is 0. The fourth-order valence-electron chi connectivity index (χ4n) is 0. The Bertz CT molecular complexity index is 100. The molecule has 5 nitrogen and oxygen atoms in total. The van der Waals surface area contributed by atoms with Crippen LogP contribution in [-0.4, -0.2) is 100 Å². The first-order valence-electron chi connectivity index (χ1n) is 0.698. The van der Waals surface area contributed by atoms with E-state index in [1.165, 1.54) is 0 Å². The summed E-state index contributed by atoms with van der Waals surface area (Å²) in [5.41, 5.74) is 0. The van der Waals surface area contributed by atoms with Gasteiger partial charge in [0.1, 0.15) is 0 Å². The minimum Gasteiger partial charge on any atom is -0.0149 e. The van der Waals surface area contributed by atoms with Crippen molar-refractivity contribution >= 4 is 87.6 Å². The summed E-state index contributed by atoms with van der Waals surface area (Å²) in [5, 5.41) is 0. The molecule has 0 aromatic rings. The van der Waals surface area contributed by atoms with Gasteiger partial charge < -0.3 is 5.48 Å². The molecule has 4 N–H and O–H groups in total. The molecule has 0 aliphatic rings. The Hall–Kier alpha value is 2.15. The van der Waals surface area contributed by atoms with Crippen LogP contribution < -0.4 is 0 Å². The standard InChI is InChI=1S/Al.Ba.H2O4S.H2O.H4Si.5H/c;;1-5(2,3)4;;;;;;;/h;;(H2,1,2,3,4);1H2;1H4;;;;;. The van der Waals surface area contributed by atoms with Gasteiger partial charge in [-0.1, -0.05) is 0 Å². The Labute approximate surface area is 109 Å². The third-order valence-corrected chi connectivity index (χ3v) is 0. The zero-order valence-electron chi connectivity index (χ0n) is 2.62. The molecule has 0 aliphatic heterocycles. The van der Waals surface area contributed by atoms with E-state index in [1.807, 2.05) is 0 Å². The Balaban J connectivity index is -0.0000000133. The van der Waals surface area contributed by atoms with E-state index in [0.29, 0.717) is 0 Å². The second kappa shape index (κ2) is 12.8. The molecule has 0 fully saturated rings. The predicted octanol–water partition coefficient (Wildman–Crippen LogP) is -5.03. The Morgan fingerprint density at radius 3 is 1.11 bits per heavy atom. The average Bonchev–Trinajstić information content (AvgIpc) is 0.722. The van der Waals surface area contributed by atoms with Crippen molar-refractivity contribution in [2.24, 2.45) is 0 Å². The van der Waals surface area contributed by atoms with Gasteiger partial charge >= 0.3 is 59.3 Å². The second-order valence-corrected chi connectivity index (χ2v) is 1.34. The van der Waals surface area contributed by atoms with Gasteiger partial charge in [-0.3, -0.25) is 9.11 Å². The molecule has 9 heavy (non-hydrogen) atoms. The van der Waals surface area contributed by atoms with E-state index in [9.17, 15) is 0 Å². The molecule has 0 amide bonds. The summed E-state index contributed by atoms with van der Waals surface area (Å²) in [6.07, 6.45) is 0. The largest absolute Gasteiger partial charge is 0.0149 e. The molecule has 0 saturated carbocycles. The molecule has 0 spiro atoms. The third-order valence-electron chi connectivity index (χ3n) is 0. The zero-order chi connectivity index (χ0) is 4.50. The van der Waals surface area contributed by atoms with Crippen molar-refractivity contribution in [1.82, 2.24) is 0 Å². The second-order valence-electron chi connectivity index (χ2n) is 0.448. The van der Waals surface area contributed by atoms with Crippen molar-refractivity contribution in [3.63, 3.8) is 0 Å².